The highest BCUT2D eigenvalue weighted by Gasteiger charge is 2.20. The second-order valence-electron chi connectivity index (χ2n) is 5.85. The molecular weight excluding hydrogens is 298 g/mol. The number of piperazine rings is 1. The van der Waals surface area contributed by atoms with Crippen LogP contribution in [0.4, 0.5) is 0 Å². The summed E-state index contributed by atoms with van der Waals surface area (Å²) in [5.41, 5.74) is 1.59. The fourth-order valence-corrected chi connectivity index (χ4v) is 2.93. The predicted molar refractivity (Wildman–Crippen MR) is 83.3 cm³/mol. The first-order valence-electron chi connectivity index (χ1n) is 7.54. The van der Waals surface area contributed by atoms with Crippen LogP contribution in [-0.2, 0) is 11.3 Å². The van der Waals surface area contributed by atoms with Crippen molar-refractivity contribution in [1.82, 2.24) is 24.0 Å². The number of fused-ring (bicyclic) bond motifs is 3. The first kappa shape index (κ1) is 14.0. The smallest absolute Gasteiger partial charge is 0.291 e. The van der Waals surface area contributed by atoms with Crippen molar-refractivity contribution < 1.29 is 9.21 Å². The molecule has 1 aliphatic rings. The zero-order valence-electron chi connectivity index (χ0n) is 12.8. The van der Waals surface area contributed by atoms with Crippen LogP contribution in [0.25, 0.3) is 16.6 Å². The van der Waals surface area contributed by atoms with Crippen LogP contribution in [-0.4, -0.2) is 63.1 Å². The van der Waals surface area contributed by atoms with E-state index in [1.807, 2.05) is 7.05 Å². The maximum atomic E-state index is 12.5. The van der Waals surface area contributed by atoms with Crippen molar-refractivity contribution in [3.63, 3.8) is 0 Å². The van der Waals surface area contributed by atoms with Gasteiger partial charge < -0.3 is 14.2 Å². The van der Waals surface area contributed by atoms with Crippen molar-refractivity contribution in [3.8, 4) is 0 Å². The van der Waals surface area contributed by atoms with Crippen LogP contribution in [0, 0.1) is 0 Å². The number of furan rings is 1. The molecular formula is C15H17N5O3. The van der Waals surface area contributed by atoms with Gasteiger partial charge >= 0.3 is 0 Å². The van der Waals surface area contributed by atoms with E-state index in [2.05, 4.69) is 10.00 Å². The van der Waals surface area contributed by atoms with Gasteiger partial charge in [-0.25, -0.2) is 4.68 Å². The summed E-state index contributed by atoms with van der Waals surface area (Å²) in [5, 5.41) is 4.13. The Morgan fingerprint density at radius 3 is 2.83 bits per heavy atom. The summed E-state index contributed by atoms with van der Waals surface area (Å²) >= 11 is 0. The molecule has 3 aromatic rings. The van der Waals surface area contributed by atoms with Gasteiger partial charge in [0.2, 0.25) is 5.91 Å². The number of rotatable bonds is 2. The number of likely N-dealkylation sites (N-methyl/N-ethyl adjacent to an activating group) is 1. The van der Waals surface area contributed by atoms with E-state index in [1.165, 1.54) is 4.68 Å². The lowest BCUT2D eigenvalue weighted by Gasteiger charge is -2.32. The van der Waals surface area contributed by atoms with Crippen LogP contribution in [0.3, 0.4) is 0 Å². The van der Waals surface area contributed by atoms with Gasteiger partial charge in [0, 0.05) is 38.3 Å². The number of hydrogen-bond donors (Lipinski definition) is 0. The summed E-state index contributed by atoms with van der Waals surface area (Å²) in [6.45, 7) is 3.03. The lowest BCUT2D eigenvalue weighted by atomic mass is 10.3. The van der Waals surface area contributed by atoms with Gasteiger partial charge in [0.1, 0.15) is 18.4 Å². The van der Waals surface area contributed by atoms with Crippen LogP contribution >= 0.6 is 0 Å². The lowest BCUT2D eigenvalue weighted by molar-refractivity contribution is -0.133. The van der Waals surface area contributed by atoms with Gasteiger partial charge in [-0.15, -0.1) is 0 Å². The van der Waals surface area contributed by atoms with E-state index in [9.17, 15) is 9.59 Å². The first-order valence-corrected chi connectivity index (χ1v) is 7.54. The van der Waals surface area contributed by atoms with Crippen molar-refractivity contribution in [3.05, 3.63) is 35.1 Å². The Morgan fingerprint density at radius 2 is 2.04 bits per heavy atom. The molecule has 0 N–H and O–H groups in total. The molecule has 1 fully saturated rings. The monoisotopic (exact) mass is 315 g/mol. The Labute approximate surface area is 131 Å². The van der Waals surface area contributed by atoms with E-state index in [4.69, 9.17) is 4.42 Å². The minimum atomic E-state index is -0.290. The number of hydrogen-bond acceptors (Lipinski definition) is 5. The third-order valence-corrected chi connectivity index (χ3v) is 4.36. The summed E-state index contributed by atoms with van der Waals surface area (Å²) in [7, 11) is 2.03. The lowest BCUT2D eigenvalue weighted by Crippen LogP contribution is -2.48. The average Bonchev–Trinajstić information content (AvgIpc) is 3.12. The highest BCUT2D eigenvalue weighted by molar-refractivity contribution is 5.82. The molecule has 0 saturated carbocycles. The second-order valence-corrected chi connectivity index (χ2v) is 5.85. The van der Waals surface area contributed by atoms with Gasteiger partial charge in [-0.2, -0.15) is 5.10 Å². The standard InChI is InChI=1S/C15H17N5O3/c1-17-3-5-18(6-4-17)14(21)9-20-15(22)12-8-13-11(2-7-23-13)19(12)10-16-20/h2,7-8,10H,3-6,9H2,1H3. The van der Waals surface area contributed by atoms with Gasteiger partial charge in [-0.1, -0.05) is 0 Å². The zero-order valence-corrected chi connectivity index (χ0v) is 12.8. The third-order valence-electron chi connectivity index (χ3n) is 4.36. The van der Waals surface area contributed by atoms with Crippen molar-refractivity contribution >= 4 is 22.5 Å². The summed E-state index contributed by atoms with van der Waals surface area (Å²) < 4.78 is 8.20. The van der Waals surface area contributed by atoms with Crippen LogP contribution < -0.4 is 5.56 Å². The SMILES string of the molecule is CN1CCN(C(=O)Cn2ncn3c(cc4occc43)c2=O)CC1. The molecule has 8 nitrogen and oxygen atoms in total. The van der Waals surface area contributed by atoms with E-state index < -0.39 is 0 Å². The highest BCUT2D eigenvalue weighted by Crippen LogP contribution is 2.18. The molecule has 8 heteroatoms. The Kier molecular flexibility index (Phi) is 3.19. The second kappa shape index (κ2) is 5.24. The van der Waals surface area contributed by atoms with Crippen LogP contribution in [0.1, 0.15) is 0 Å². The number of aromatic nitrogens is 3. The van der Waals surface area contributed by atoms with Gasteiger partial charge in [0.05, 0.1) is 11.8 Å². The van der Waals surface area contributed by atoms with Crippen molar-refractivity contribution in [2.45, 2.75) is 6.54 Å². The maximum Gasteiger partial charge on any atom is 0.291 e. The zero-order chi connectivity index (χ0) is 16.0. The molecule has 4 heterocycles. The molecule has 0 spiro atoms. The maximum absolute atomic E-state index is 12.5. The van der Waals surface area contributed by atoms with E-state index in [1.54, 1.807) is 34.0 Å². The van der Waals surface area contributed by atoms with Gasteiger partial charge in [0.25, 0.3) is 5.56 Å². The Morgan fingerprint density at radius 1 is 1.26 bits per heavy atom. The van der Waals surface area contributed by atoms with E-state index in [-0.39, 0.29) is 18.0 Å². The molecule has 23 heavy (non-hydrogen) atoms. The molecule has 4 rings (SSSR count). The number of amides is 1. The fraction of sp³-hybridized carbons (Fsp3) is 0.400. The summed E-state index contributed by atoms with van der Waals surface area (Å²) in [4.78, 5) is 28.8. The predicted octanol–water partition coefficient (Wildman–Crippen LogP) is 0.0162. The summed E-state index contributed by atoms with van der Waals surface area (Å²) in [6.07, 6.45) is 3.12. The molecule has 0 radical (unpaired) electrons. The topological polar surface area (TPSA) is 76.0 Å². The molecule has 0 atom stereocenters. The van der Waals surface area contributed by atoms with Crippen LogP contribution in [0.15, 0.2) is 33.9 Å². The highest BCUT2D eigenvalue weighted by atomic mass is 16.3. The Hall–Kier alpha value is -2.61. The van der Waals surface area contributed by atoms with E-state index >= 15 is 0 Å². The largest absolute Gasteiger partial charge is 0.463 e. The Bertz CT molecular complexity index is 930. The molecule has 1 amide bonds. The number of nitrogens with zero attached hydrogens (tertiary/aromatic N) is 5. The number of carbonyl (C=O) groups is 1. The van der Waals surface area contributed by atoms with Crippen LogP contribution in [0.5, 0.6) is 0 Å². The van der Waals surface area contributed by atoms with Crippen LogP contribution in [0.2, 0.25) is 0 Å². The molecule has 1 aliphatic heterocycles. The molecule has 1 saturated heterocycles. The summed E-state index contributed by atoms with van der Waals surface area (Å²) in [6, 6.07) is 3.46. The molecule has 0 aliphatic carbocycles. The molecule has 0 aromatic carbocycles. The quantitative estimate of drug-likeness (QED) is 0.666. The van der Waals surface area contributed by atoms with Gasteiger partial charge in [-0.05, 0) is 7.05 Å². The minimum Gasteiger partial charge on any atom is -0.463 e. The molecule has 3 aromatic heterocycles. The van der Waals surface area contributed by atoms with E-state index in [0.29, 0.717) is 24.2 Å². The number of carbonyl (C=O) groups excluding carboxylic acids is 1. The molecule has 120 valence electrons. The average molecular weight is 315 g/mol. The van der Waals surface area contributed by atoms with Crippen molar-refractivity contribution in [1.29, 1.82) is 0 Å². The van der Waals surface area contributed by atoms with Gasteiger partial charge in [-0.3, -0.25) is 14.0 Å². The normalized spacial score (nSPS) is 16.5. The Balaban J connectivity index is 1.62. The summed E-state index contributed by atoms with van der Waals surface area (Å²) in [5.74, 6) is -0.0766. The minimum absolute atomic E-state index is 0.0361. The first-order chi connectivity index (χ1) is 11.1. The fourth-order valence-electron chi connectivity index (χ4n) is 2.93. The van der Waals surface area contributed by atoms with Crippen molar-refractivity contribution in [2.24, 2.45) is 0 Å². The third kappa shape index (κ3) is 2.31. The van der Waals surface area contributed by atoms with Gasteiger partial charge in [0.15, 0.2) is 5.58 Å². The van der Waals surface area contributed by atoms with E-state index in [0.717, 1.165) is 18.6 Å². The molecule has 0 bridgehead atoms. The molecule has 0 unspecified atom stereocenters. The van der Waals surface area contributed by atoms with Crippen molar-refractivity contribution in [2.75, 3.05) is 33.2 Å².